The number of halogens is 1. The summed E-state index contributed by atoms with van der Waals surface area (Å²) in [7, 11) is 0. The molecule has 6 heteroatoms. The third-order valence-corrected chi connectivity index (χ3v) is 2.68. The van der Waals surface area contributed by atoms with Gasteiger partial charge in [-0.1, -0.05) is 11.6 Å². The molecule has 0 saturated carbocycles. The molecular formula is C12H9ClN4O. The predicted octanol–water partition coefficient (Wildman–Crippen LogP) is 2.88. The van der Waals surface area contributed by atoms with Crippen LogP contribution >= 0.6 is 11.6 Å². The van der Waals surface area contributed by atoms with E-state index in [0.29, 0.717) is 28.1 Å². The van der Waals surface area contributed by atoms with E-state index in [-0.39, 0.29) is 0 Å². The fourth-order valence-electron chi connectivity index (χ4n) is 1.56. The van der Waals surface area contributed by atoms with Crippen LogP contribution in [0.5, 0.6) is 11.6 Å². The number of fused-ring (bicyclic) bond motifs is 1. The molecule has 0 unspecified atom stereocenters. The second kappa shape index (κ2) is 4.27. The highest BCUT2D eigenvalue weighted by Crippen LogP contribution is 2.21. The van der Waals surface area contributed by atoms with Crippen molar-refractivity contribution < 1.29 is 4.74 Å². The smallest absolute Gasteiger partial charge is 0.237 e. The van der Waals surface area contributed by atoms with E-state index in [0.717, 1.165) is 0 Å². The van der Waals surface area contributed by atoms with Gasteiger partial charge in [-0.3, -0.25) is 0 Å². The van der Waals surface area contributed by atoms with Crippen molar-refractivity contribution in [3.05, 3.63) is 47.2 Å². The lowest BCUT2D eigenvalue weighted by atomic mass is 10.3. The van der Waals surface area contributed by atoms with E-state index < -0.39 is 0 Å². The molecule has 0 spiro atoms. The van der Waals surface area contributed by atoms with Gasteiger partial charge in [-0.05, 0) is 37.3 Å². The Morgan fingerprint density at radius 3 is 2.61 bits per heavy atom. The minimum absolute atomic E-state index is 0.479. The number of benzene rings is 1. The van der Waals surface area contributed by atoms with Crippen molar-refractivity contribution in [1.29, 1.82) is 0 Å². The Hall–Kier alpha value is -2.14. The average molecular weight is 261 g/mol. The van der Waals surface area contributed by atoms with E-state index in [1.54, 1.807) is 40.9 Å². The predicted molar refractivity (Wildman–Crippen MR) is 67.0 cm³/mol. The molecule has 3 rings (SSSR count). The van der Waals surface area contributed by atoms with Gasteiger partial charge in [-0.2, -0.15) is 4.52 Å². The van der Waals surface area contributed by atoms with Crippen molar-refractivity contribution in [2.75, 3.05) is 0 Å². The second-order valence-electron chi connectivity index (χ2n) is 3.74. The van der Waals surface area contributed by atoms with E-state index in [1.807, 2.05) is 6.92 Å². The Kier molecular flexibility index (Phi) is 2.60. The zero-order valence-electron chi connectivity index (χ0n) is 9.54. The van der Waals surface area contributed by atoms with Gasteiger partial charge in [0.1, 0.15) is 5.75 Å². The number of hydrogen-bond acceptors (Lipinski definition) is 4. The first-order valence-electron chi connectivity index (χ1n) is 5.35. The second-order valence-corrected chi connectivity index (χ2v) is 4.18. The van der Waals surface area contributed by atoms with Gasteiger partial charge >= 0.3 is 0 Å². The first-order valence-corrected chi connectivity index (χ1v) is 5.73. The summed E-state index contributed by atoms with van der Waals surface area (Å²) in [6, 6.07) is 10.6. The van der Waals surface area contributed by atoms with Gasteiger partial charge in [0.05, 0.1) is 0 Å². The van der Waals surface area contributed by atoms with Crippen molar-refractivity contribution >= 4 is 17.2 Å². The number of rotatable bonds is 2. The van der Waals surface area contributed by atoms with Crippen LogP contribution in [0.1, 0.15) is 5.82 Å². The highest BCUT2D eigenvalue weighted by Gasteiger charge is 2.05. The number of hydrogen-bond donors (Lipinski definition) is 0. The van der Waals surface area contributed by atoms with Gasteiger partial charge in [-0.25, -0.2) is 0 Å². The fourth-order valence-corrected chi connectivity index (χ4v) is 1.68. The maximum absolute atomic E-state index is 5.81. The Labute approximate surface area is 108 Å². The van der Waals surface area contributed by atoms with Crippen LogP contribution in [-0.2, 0) is 0 Å². The topological polar surface area (TPSA) is 52.3 Å². The van der Waals surface area contributed by atoms with Crippen LogP contribution in [0, 0.1) is 6.92 Å². The van der Waals surface area contributed by atoms with Crippen molar-refractivity contribution in [2.45, 2.75) is 6.92 Å². The normalized spacial score (nSPS) is 10.8. The summed E-state index contributed by atoms with van der Waals surface area (Å²) in [5.74, 6) is 1.87. The van der Waals surface area contributed by atoms with E-state index in [2.05, 4.69) is 15.3 Å². The summed E-state index contributed by atoms with van der Waals surface area (Å²) in [6.45, 7) is 1.83. The largest absolute Gasteiger partial charge is 0.438 e. The van der Waals surface area contributed by atoms with Crippen LogP contribution in [-0.4, -0.2) is 19.8 Å². The first kappa shape index (κ1) is 11.0. The molecule has 0 aliphatic heterocycles. The molecule has 3 aromatic rings. The molecule has 5 nitrogen and oxygen atoms in total. The number of nitrogens with zero attached hydrogens (tertiary/aromatic N) is 4. The Balaban J connectivity index is 1.94. The summed E-state index contributed by atoms with van der Waals surface area (Å²) < 4.78 is 7.25. The third-order valence-electron chi connectivity index (χ3n) is 2.43. The molecule has 0 atom stereocenters. The van der Waals surface area contributed by atoms with Crippen LogP contribution in [0.2, 0.25) is 5.02 Å². The zero-order valence-corrected chi connectivity index (χ0v) is 10.3. The maximum Gasteiger partial charge on any atom is 0.237 e. The Morgan fingerprint density at radius 2 is 1.83 bits per heavy atom. The quantitative estimate of drug-likeness (QED) is 0.711. The molecule has 2 heterocycles. The molecule has 0 aliphatic rings. The number of aromatic nitrogens is 4. The van der Waals surface area contributed by atoms with E-state index in [9.17, 15) is 0 Å². The fraction of sp³-hybridized carbons (Fsp3) is 0.0833. The zero-order chi connectivity index (χ0) is 12.5. The molecule has 0 N–H and O–H groups in total. The first-order chi connectivity index (χ1) is 8.72. The molecule has 0 radical (unpaired) electrons. The van der Waals surface area contributed by atoms with Crippen molar-refractivity contribution in [3.63, 3.8) is 0 Å². The standard InChI is InChI=1S/C12H9ClN4O/c1-8-14-15-11-6-7-12(16-17(8)11)18-10-4-2-9(13)3-5-10/h2-7H,1H3. The minimum atomic E-state index is 0.479. The summed E-state index contributed by atoms with van der Waals surface area (Å²) in [5, 5.41) is 12.8. The molecule has 0 aliphatic carbocycles. The van der Waals surface area contributed by atoms with Crippen LogP contribution < -0.4 is 4.74 Å². The van der Waals surface area contributed by atoms with Crippen LogP contribution in [0.15, 0.2) is 36.4 Å². The van der Waals surface area contributed by atoms with Crippen LogP contribution in [0.25, 0.3) is 5.65 Å². The molecule has 1 aromatic carbocycles. The number of ether oxygens (including phenoxy) is 1. The molecule has 0 fully saturated rings. The van der Waals surface area contributed by atoms with Gasteiger partial charge < -0.3 is 4.74 Å². The van der Waals surface area contributed by atoms with Crippen molar-refractivity contribution in [1.82, 2.24) is 19.8 Å². The van der Waals surface area contributed by atoms with E-state index >= 15 is 0 Å². The van der Waals surface area contributed by atoms with Gasteiger partial charge in [0.25, 0.3) is 0 Å². The molecule has 0 saturated heterocycles. The molecule has 18 heavy (non-hydrogen) atoms. The third kappa shape index (κ3) is 2.00. The summed E-state index contributed by atoms with van der Waals surface area (Å²) in [4.78, 5) is 0. The molecule has 0 amide bonds. The maximum atomic E-state index is 5.81. The summed E-state index contributed by atoms with van der Waals surface area (Å²) in [6.07, 6.45) is 0. The van der Waals surface area contributed by atoms with Gasteiger partial charge in [0.2, 0.25) is 5.88 Å². The van der Waals surface area contributed by atoms with E-state index in [1.165, 1.54) is 0 Å². The lowest BCUT2D eigenvalue weighted by Crippen LogP contribution is -1.97. The SMILES string of the molecule is Cc1nnc2ccc(Oc3ccc(Cl)cc3)nn12. The van der Waals surface area contributed by atoms with Gasteiger partial charge in [-0.15, -0.1) is 15.3 Å². The summed E-state index contributed by atoms with van der Waals surface area (Å²) >= 11 is 5.81. The van der Waals surface area contributed by atoms with Crippen molar-refractivity contribution in [2.24, 2.45) is 0 Å². The van der Waals surface area contributed by atoms with Crippen molar-refractivity contribution in [3.8, 4) is 11.6 Å². The minimum Gasteiger partial charge on any atom is -0.438 e. The van der Waals surface area contributed by atoms with Crippen LogP contribution in [0.3, 0.4) is 0 Å². The molecule has 90 valence electrons. The van der Waals surface area contributed by atoms with E-state index in [4.69, 9.17) is 16.3 Å². The lowest BCUT2D eigenvalue weighted by molar-refractivity contribution is 0.451. The number of aryl methyl sites for hydroxylation is 1. The highest BCUT2D eigenvalue weighted by atomic mass is 35.5. The molecular weight excluding hydrogens is 252 g/mol. The molecule has 2 aromatic heterocycles. The highest BCUT2D eigenvalue weighted by molar-refractivity contribution is 6.30. The Bertz CT molecular complexity index is 693. The monoisotopic (exact) mass is 260 g/mol. The Morgan fingerprint density at radius 1 is 1.06 bits per heavy atom. The summed E-state index contributed by atoms with van der Waals surface area (Å²) in [5.41, 5.74) is 0.691. The van der Waals surface area contributed by atoms with Gasteiger partial charge in [0, 0.05) is 11.1 Å². The lowest BCUT2D eigenvalue weighted by Gasteiger charge is -2.04. The van der Waals surface area contributed by atoms with Gasteiger partial charge in [0.15, 0.2) is 11.5 Å². The molecule has 0 bridgehead atoms. The average Bonchev–Trinajstić information content (AvgIpc) is 2.74. The van der Waals surface area contributed by atoms with Crippen LogP contribution in [0.4, 0.5) is 0 Å².